The Hall–Kier alpha value is -2.26. The van der Waals surface area contributed by atoms with Gasteiger partial charge in [-0.25, -0.2) is 0 Å². The summed E-state index contributed by atoms with van der Waals surface area (Å²) in [6.45, 7) is 6.52. The number of anilines is 1. The van der Waals surface area contributed by atoms with Crippen molar-refractivity contribution in [1.29, 1.82) is 0 Å². The Morgan fingerprint density at radius 1 is 1.27 bits per heavy atom. The third kappa shape index (κ3) is 4.21. The summed E-state index contributed by atoms with van der Waals surface area (Å²) in [6.07, 6.45) is 1.93. The number of ether oxygens (including phenoxy) is 1. The van der Waals surface area contributed by atoms with Crippen LogP contribution in [0.15, 0.2) is 24.3 Å². The molecule has 0 radical (unpaired) electrons. The Kier molecular flexibility index (Phi) is 6.91. The van der Waals surface area contributed by atoms with E-state index in [-0.39, 0.29) is 35.6 Å². The van der Waals surface area contributed by atoms with Crippen molar-refractivity contribution in [2.45, 2.75) is 62.1 Å². The Morgan fingerprint density at radius 2 is 2.00 bits per heavy atom. The van der Waals surface area contributed by atoms with Gasteiger partial charge in [-0.15, -0.1) is 11.8 Å². The van der Waals surface area contributed by atoms with Gasteiger partial charge in [0.15, 0.2) is 0 Å². The lowest BCUT2D eigenvalue weighted by molar-refractivity contribution is -0.139. The molecule has 3 fully saturated rings. The summed E-state index contributed by atoms with van der Waals surface area (Å²) in [4.78, 5) is 41.9. The van der Waals surface area contributed by atoms with E-state index in [0.717, 1.165) is 18.6 Å². The minimum Gasteiger partial charge on any atom is -0.494 e. The number of carbonyl (C=O) groups excluding carboxylic acids is 3. The van der Waals surface area contributed by atoms with E-state index in [9.17, 15) is 19.5 Å². The van der Waals surface area contributed by atoms with Crippen LogP contribution in [-0.2, 0) is 14.4 Å². The van der Waals surface area contributed by atoms with Gasteiger partial charge in [0.2, 0.25) is 17.7 Å². The van der Waals surface area contributed by atoms with Crippen LogP contribution in [0, 0.1) is 11.8 Å². The number of amides is 3. The zero-order chi connectivity index (χ0) is 23.8. The predicted molar refractivity (Wildman–Crippen MR) is 127 cm³/mol. The van der Waals surface area contributed by atoms with E-state index < -0.39 is 22.6 Å². The fourth-order valence-corrected chi connectivity index (χ4v) is 7.85. The van der Waals surface area contributed by atoms with E-state index in [1.54, 1.807) is 40.9 Å². The summed E-state index contributed by atoms with van der Waals surface area (Å²) >= 11 is 1.64. The molecule has 0 saturated carbocycles. The van der Waals surface area contributed by atoms with E-state index >= 15 is 0 Å². The summed E-state index contributed by atoms with van der Waals surface area (Å²) in [5.74, 6) is -0.784. The third-order valence-corrected chi connectivity index (χ3v) is 8.72. The van der Waals surface area contributed by atoms with Crippen LogP contribution in [0.5, 0.6) is 5.75 Å². The Bertz CT molecular complexity index is 908. The lowest BCUT2D eigenvalue weighted by Gasteiger charge is -2.34. The number of hydrogen-bond acceptors (Lipinski definition) is 6. The minimum absolute atomic E-state index is 0.0102. The van der Waals surface area contributed by atoms with Crippen molar-refractivity contribution >= 4 is 35.2 Å². The molecule has 3 aliphatic heterocycles. The van der Waals surface area contributed by atoms with Crippen LogP contribution in [0.2, 0.25) is 0 Å². The van der Waals surface area contributed by atoms with Gasteiger partial charge >= 0.3 is 0 Å². The third-order valence-electron chi connectivity index (χ3n) is 6.77. The van der Waals surface area contributed by atoms with Crippen molar-refractivity contribution in [3.8, 4) is 5.75 Å². The number of fused-ring (bicyclic) bond motifs is 1. The van der Waals surface area contributed by atoms with Crippen molar-refractivity contribution in [3.63, 3.8) is 0 Å². The number of thioether (sulfide) groups is 1. The molecule has 9 heteroatoms. The van der Waals surface area contributed by atoms with Gasteiger partial charge in [0.25, 0.3) is 0 Å². The lowest BCUT2D eigenvalue weighted by Crippen LogP contribution is -2.54. The van der Waals surface area contributed by atoms with E-state index in [4.69, 9.17) is 4.74 Å². The topological polar surface area (TPSA) is 108 Å². The number of nitrogens with one attached hydrogen (secondary N) is 2. The summed E-state index contributed by atoms with van der Waals surface area (Å²) in [5, 5.41) is 15.3. The first-order valence-electron chi connectivity index (χ1n) is 11.8. The summed E-state index contributed by atoms with van der Waals surface area (Å²) in [5.41, 5.74) is 0.655. The maximum absolute atomic E-state index is 13.6. The molecule has 3 heterocycles. The van der Waals surface area contributed by atoms with Crippen LogP contribution in [0.1, 0.15) is 40.0 Å². The van der Waals surface area contributed by atoms with E-state index in [1.165, 1.54) is 0 Å². The quantitative estimate of drug-likeness (QED) is 0.504. The Labute approximate surface area is 198 Å². The van der Waals surface area contributed by atoms with Gasteiger partial charge in [-0.05, 0) is 64.3 Å². The molecule has 2 unspecified atom stereocenters. The zero-order valence-corrected chi connectivity index (χ0v) is 20.2. The van der Waals surface area contributed by atoms with Crippen molar-refractivity contribution in [3.05, 3.63) is 24.3 Å². The van der Waals surface area contributed by atoms with Crippen LogP contribution >= 0.6 is 11.8 Å². The van der Waals surface area contributed by atoms with Gasteiger partial charge in [0.1, 0.15) is 11.8 Å². The fraction of sp³-hybridized carbons (Fsp3) is 0.625. The second kappa shape index (κ2) is 9.54. The highest BCUT2D eigenvalue weighted by atomic mass is 32.2. The number of rotatable bonds is 9. The molecule has 8 nitrogen and oxygen atoms in total. The number of likely N-dealkylation sites (tertiary alicyclic amines) is 1. The molecule has 3 aliphatic rings. The zero-order valence-electron chi connectivity index (χ0n) is 19.4. The number of hydrogen-bond donors (Lipinski definition) is 3. The highest BCUT2D eigenvalue weighted by Gasteiger charge is 2.73. The lowest BCUT2D eigenvalue weighted by atomic mass is 9.70. The molecule has 0 aliphatic carbocycles. The molecular weight excluding hydrogens is 442 g/mol. The number of benzene rings is 1. The number of aliphatic hydroxyl groups excluding tert-OH is 1. The van der Waals surface area contributed by atoms with E-state index in [1.807, 2.05) is 20.8 Å². The SMILES string of the molecule is CCOc1ccc(NC(=O)[C@@H]2[C@@H]3CCC4(S3)C(C(=O)NC(C)C)N(CCCO)C(=O)[C@H]24)cc1. The predicted octanol–water partition coefficient (Wildman–Crippen LogP) is 2.02. The van der Waals surface area contributed by atoms with Crippen molar-refractivity contribution < 1.29 is 24.2 Å². The summed E-state index contributed by atoms with van der Waals surface area (Å²) in [6, 6.07) is 6.52. The van der Waals surface area contributed by atoms with Gasteiger partial charge in [0.05, 0.1) is 23.2 Å². The van der Waals surface area contributed by atoms with Crippen LogP contribution in [0.3, 0.4) is 0 Å². The average Bonchev–Trinajstić information content (AvgIpc) is 3.40. The average molecular weight is 476 g/mol. The smallest absolute Gasteiger partial charge is 0.244 e. The first-order valence-corrected chi connectivity index (χ1v) is 12.6. The van der Waals surface area contributed by atoms with Gasteiger partial charge in [-0.2, -0.15) is 0 Å². The van der Waals surface area contributed by atoms with Crippen LogP contribution in [0.25, 0.3) is 0 Å². The maximum Gasteiger partial charge on any atom is 0.244 e. The molecule has 1 spiro atoms. The van der Waals surface area contributed by atoms with Crippen molar-refractivity contribution in [2.24, 2.45) is 11.8 Å². The van der Waals surface area contributed by atoms with E-state index in [0.29, 0.717) is 25.3 Å². The first-order chi connectivity index (χ1) is 15.8. The van der Waals surface area contributed by atoms with Gasteiger partial charge in [0, 0.05) is 30.1 Å². The minimum atomic E-state index is -0.623. The molecule has 3 N–H and O–H groups in total. The molecule has 3 saturated heterocycles. The van der Waals surface area contributed by atoms with Crippen LogP contribution in [0.4, 0.5) is 5.69 Å². The van der Waals surface area contributed by atoms with Crippen LogP contribution in [-0.4, -0.2) is 69.6 Å². The van der Waals surface area contributed by atoms with Crippen molar-refractivity contribution in [2.75, 3.05) is 25.1 Å². The molecule has 0 aromatic heterocycles. The monoisotopic (exact) mass is 475 g/mol. The first kappa shape index (κ1) is 23.9. The Balaban J connectivity index is 1.59. The maximum atomic E-state index is 13.6. The molecule has 2 bridgehead atoms. The highest BCUT2D eigenvalue weighted by molar-refractivity contribution is 8.02. The number of carbonyl (C=O) groups is 3. The molecule has 180 valence electrons. The second-order valence-corrected chi connectivity index (χ2v) is 10.9. The standard InChI is InChI=1S/C24H33N3O5S/c1-4-32-16-8-6-15(7-9-16)26-21(29)18-17-10-11-24(33-17)19(18)23(31)27(12-5-13-28)20(24)22(30)25-14(2)3/h6-9,14,17-20,28H,4-5,10-13H2,1-3H3,(H,25,30)(H,26,29)/t17-,18+,19-,20?,24?/m0/s1. The fourth-order valence-electron chi connectivity index (χ4n) is 5.63. The largest absolute Gasteiger partial charge is 0.494 e. The molecule has 3 amide bonds. The number of nitrogens with zero attached hydrogens (tertiary/aromatic N) is 1. The highest BCUT2D eigenvalue weighted by Crippen LogP contribution is 2.66. The normalized spacial score (nSPS) is 30.0. The van der Waals surface area contributed by atoms with Crippen LogP contribution < -0.4 is 15.4 Å². The molecule has 33 heavy (non-hydrogen) atoms. The molecule has 1 aromatic rings. The van der Waals surface area contributed by atoms with Crippen molar-refractivity contribution in [1.82, 2.24) is 10.2 Å². The van der Waals surface area contributed by atoms with Gasteiger partial charge in [-0.1, -0.05) is 0 Å². The Morgan fingerprint density at radius 3 is 2.64 bits per heavy atom. The molecule has 4 rings (SSSR count). The van der Waals surface area contributed by atoms with Gasteiger partial charge < -0.3 is 25.4 Å². The second-order valence-electron chi connectivity index (χ2n) is 9.27. The van der Waals surface area contributed by atoms with E-state index in [2.05, 4.69) is 10.6 Å². The number of aliphatic hydroxyl groups is 1. The summed E-state index contributed by atoms with van der Waals surface area (Å²) in [7, 11) is 0. The van der Waals surface area contributed by atoms with Gasteiger partial charge in [-0.3, -0.25) is 14.4 Å². The summed E-state index contributed by atoms with van der Waals surface area (Å²) < 4.78 is 4.86. The molecule has 5 atom stereocenters. The molecule has 1 aromatic carbocycles. The molecular formula is C24H33N3O5S.